The monoisotopic (exact) mass is 241 g/mol. The largest absolute Gasteiger partial charge is 0.477 e. The summed E-state index contributed by atoms with van der Waals surface area (Å²) in [5.41, 5.74) is 0.164. The first-order chi connectivity index (χ1) is 7.04. The quantitative estimate of drug-likeness (QED) is 0.640. The van der Waals surface area contributed by atoms with Gasteiger partial charge in [-0.1, -0.05) is 29.3 Å². The van der Waals surface area contributed by atoms with Gasteiger partial charge in [-0.25, -0.2) is 4.79 Å². The van der Waals surface area contributed by atoms with E-state index in [1.807, 2.05) is 0 Å². The number of aliphatic carboxylic acids is 1. The predicted molar refractivity (Wildman–Crippen MR) is 57.7 cm³/mol. The van der Waals surface area contributed by atoms with Crippen molar-refractivity contribution in [2.45, 2.75) is 0 Å². The molecule has 0 aromatic heterocycles. The van der Waals surface area contributed by atoms with Crippen LogP contribution in [0.15, 0.2) is 23.8 Å². The summed E-state index contributed by atoms with van der Waals surface area (Å²) in [6, 6.07) is 6.17. The Kier molecular flexibility index (Phi) is 3.73. The van der Waals surface area contributed by atoms with E-state index in [1.54, 1.807) is 12.1 Å². The van der Waals surface area contributed by atoms with Gasteiger partial charge in [0.25, 0.3) is 0 Å². The minimum atomic E-state index is -1.27. The standard InChI is InChI=1S/C10H5Cl2NO2/c11-8-2-1-6(4-9(8)12)3-7(5-13)10(14)15/h1-4H,(H,14,15)/b7-3-. The number of carbonyl (C=O) groups is 1. The molecule has 0 unspecified atom stereocenters. The molecule has 1 rings (SSSR count). The first kappa shape index (κ1) is 11.6. The summed E-state index contributed by atoms with van der Waals surface area (Å²) >= 11 is 11.4. The lowest BCUT2D eigenvalue weighted by atomic mass is 10.1. The van der Waals surface area contributed by atoms with E-state index in [0.29, 0.717) is 15.6 Å². The Morgan fingerprint density at radius 3 is 2.53 bits per heavy atom. The number of carboxylic acid groups (broad SMARTS) is 1. The maximum Gasteiger partial charge on any atom is 0.346 e. The predicted octanol–water partition coefficient (Wildman–Crippen LogP) is 2.98. The molecule has 1 N–H and O–H groups in total. The first-order valence-electron chi connectivity index (χ1n) is 3.84. The van der Waals surface area contributed by atoms with Crippen LogP contribution in [0, 0.1) is 11.3 Å². The van der Waals surface area contributed by atoms with Gasteiger partial charge in [-0.2, -0.15) is 5.26 Å². The molecule has 0 bridgehead atoms. The molecule has 0 atom stereocenters. The molecule has 0 saturated carbocycles. The fourth-order valence-corrected chi connectivity index (χ4v) is 1.22. The van der Waals surface area contributed by atoms with Gasteiger partial charge in [-0.15, -0.1) is 0 Å². The van der Waals surface area contributed by atoms with Crippen LogP contribution in [0.25, 0.3) is 6.08 Å². The molecule has 0 aliphatic heterocycles. The van der Waals surface area contributed by atoms with Gasteiger partial charge in [0, 0.05) is 0 Å². The van der Waals surface area contributed by atoms with Gasteiger partial charge in [0.2, 0.25) is 0 Å². The summed E-state index contributed by atoms with van der Waals surface area (Å²) in [5.74, 6) is -1.27. The second kappa shape index (κ2) is 4.83. The summed E-state index contributed by atoms with van der Waals surface area (Å²) in [6.07, 6.45) is 1.23. The first-order valence-corrected chi connectivity index (χ1v) is 4.60. The van der Waals surface area contributed by atoms with Gasteiger partial charge < -0.3 is 5.11 Å². The smallest absolute Gasteiger partial charge is 0.346 e. The molecule has 0 radical (unpaired) electrons. The second-order valence-corrected chi connectivity index (χ2v) is 3.46. The molecule has 0 amide bonds. The summed E-state index contributed by atoms with van der Waals surface area (Å²) in [6.45, 7) is 0. The summed E-state index contributed by atoms with van der Waals surface area (Å²) in [5, 5.41) is 17.8. The normalized spacial score (nSPS) is 10.9. The number of rotatable bonds is 2. The van der Waals surface area contributed by atoms with Crippen molar-refractivity contribution >= 4 is 35.2 Å². The van der Waals surface area contributed by atoms with Crippen LogP contribution in [0.4, 0.5) is 0 Å². The van der Waals surface area contributed by atoms with Crippen molar-refractivity contribution in [2.75, 3.05) is 0 Å². The van der Waals surface area contributed by atoms with Crippen LogP contribution >= 0.6 is 23.2 Å². The Morgan fingerprint density at radius 2 is 2.07 bits per heavy atom. The number of hydrogen-bond acceptors (Lipinski definition) is 2. The van der Waals surface area contributed by atoms with E-state index in [2.05, 4.69) is 0 Å². The van der Waals surface area contributed by atoms with Crippen molar-refractivity contribution in [2.24, 2.45) is 0 Å². The van der Waals surface area contributed by atoms with Crippen molar-refractivity contribution in [1.82, 2.24) is 0 Å². The number of hydrogen-bond donors (Lipinski definition) is 1. The zero-order valence-electron chi connectivity index (χ0n) is 7.37. The summed E-state index contributed by atoms with van der Waals surface area (Å²) in [4.78, 5) is 10.5. The molecule has 3 nitrogen and oxygen atoms in total. The van der Waals surface area contributed by atoms with Gasteiger partial charge in [-0.05, 0) is 23.8 Å². The summed E-state index contributed by atoms with van der Waals surface area (Å²) in [7, 11) is 0. The van der Waals surface area contributed by atoms with Gasteiger partial charge >= 0.3 is 5.97 Å². The molecule has 0 heterocycles. The molecule has 76 valence electrons. The van der Waals surface area contributed by atoms with Crippen molar-refractivity contribution in [1.29, 1.82) is 5.26 Å². The highest BCUT2D eigenvalue weighted by molar-refractivity contribution is 6.42. The SMILES string of the molecule is N#C/C(=C/c1ccc(Cl)c(Cl)c1)C(=O)O. The lowest BCUT2D eigenvalue weighted by Crippen LogP contribution is -1.97. The van der Waals surface area contributed by atoms with E-state index in [0.717, 1.165) is 0 Å². The second-order valence-electron chi connectivity index (χ2n) is 2.65. The van der Waals surface area contributed by atoms with E-state index < -0.39 is 5.97 Å². The Bertz CT molecular complexity index is 475. The average molecular weight is 242 g/mol. The Hall–Kier alpha value is -1.50. The maximum atomic E-state index is 10.5. The van der Waals surface area contributed by atoms with E-state index in [4.69, 9.17) is 33.6 Å². The fourth-order valence-electron chi connectivity index (χ4n) is 0.911. The lowest BCUT2D eigenvalue weighted by Gasteiger charge is -1.97. The zero-order valence-corrected chi connectivity index (χ0v) is 8.88. The Labute approximate surface area is 96.2 Å². The van der Waals surface area contributed by atoms with Crippen LogP contribution in [-0.2, 0) is 4.79 Å². The molecular formula is C10H5Cl2NO2. The van der Waals surface area contributed by atoms with Crippen molar-refractivity contribution in [3.63, 3.8) is 0 Å². The highest BCUT2D eigenvalue weighted by Crippen LogP contribution is 2.23. The number of nitriles is 1. The lowest BCUT2D eigenvalue weighted by molar-refractivity contribution is -0.132. The highest BCUT2D eigenvalue weighted by atomic mass is 35.5. The van der Waals surface area contributed by atoms with Gasteiger partial charge in [0.05, 0.1) is 10.0 Å². The van der Waals surface area contributed by atoms with E-state index in [1.165, 1.54) is 18.2 Å². The van der Waals surface area contributed by atoms with E-state index in [9.17, 15) is 4.79 Å². The van der Waals surface area contributed by atoms with Gasteiger partial charge in [0.1, 0.15) is 11.6 Å². The highest BCUT2D eigenvalue weighted by Gasteiger charge is 2.06. The van der Waals surface area contributed by atoms with Crippen molar-refractivity contribution in [3.8, 4) is 6.07 Å². The molecule has 0 aliphatic rings. The molecule has 0 aliphatic carbocycles. The minimum absolute atomic E-state index is 0.313. The molecule has 15 heavy (non-hydrogen) atoms. The molecule has 1 aromatic rings. The van der Waals surface area contributed by atoms with Crippen LogP contribution in [-0.4, -0.2) is 11.1 Å². The summed E-state index contributed by atoms with van der Waals surface area (Å²) < 4.78 is 0. The number of carboxylic acids is 1. The number of halogens is 2. The number of benzene rings is 1. The molecule has 0 spiro atoms. The third-order valence-corrected chi connectivity index (χ3v) is 2.34. The van der Waals surface area contributed by atoms with E-state index in [-0.39, 0.29) is 5.57 Å². The molecule has 5 heteroatoms. The zero-order chi connectivity index (χ0) is 11.4. The molecule has 1 aromatic carbocycles. The van der Waals surface area contributed by atoms with Gasteiger partial charge in [0.15, 0.2) is 0 Å². The Balaban J connectivity index is 3.14. The maximum absolute atomic E-state index is 10.5. The fraction of sp³-hybridized carbons (Fsp3) is 0. The molecule has 0 fully saturated rings. The van der Waals surface area contributed by atoms with Crippen LogP contribution in [0.1, 0.15) is 5.56 Å². The van der Waals surface area contributed by atoms with Crippen molar-refractivity contribution < 1.29 is 9.90 Å². The Morgan fingerprint density at radius 1 is 1.40 bits per heavy atom. The average Bonchev–Trinajstić information content (AvgIpc) is 2.19. The number of nitrogens with zero attached hydrogens (tertiary/aromatic N) is 1. The molecular weight excluding hydrogens is 237 g/mol. The van der Waals surface area contributed by atoms with Crippen LogP contribution in [0.2, 0.25) is 10.0 Å². The van der Waals surface area contributed by atoms with Gasteiger partial charge in [-0.3, -0.25) is 0 Å². The minimum Gasteiger partial charge on any atom is -0.477 e. The third kappa shape index (κ3) is 2.98. The van der Waals surface area contributed by atoms with E-state index >= 15 is 0 Å². The molecule has 0 saturated heterocycles. The van der Waals surface area contributed by atoms with Crippen LogP contribution in [0.5, 0.6) is 0 Å². The third-order valence-electron chi connectivity index (χ3n) is 1.61. The van der Waals surface area contributed by atoms with Crippen molar-refractivity contribution in [3.05, 3.63) is 39.4 Å². The van der Waals surface area contributed by atoms with Crippen LogP contribution in [0.3, 0.4) is 0 Å². The topological polar surface area (TPSA) is 61.1 Å². The van der Waals surface area contributed by atoms with Crippen LogP contribution < -0.4 is 0 Å².